The van der Waals surface area contributed by atoms with Crippen LogP contribution >= 0.6 is 23.3 Å². The molecular weight excluding hydrogens is 407 g/mol. The predicted molar refractivity (Wildman–Crippen MR) is 116 cm³/mol. The molecule has 7 heteroatoms. The van der Waals surface area contributed by atoms with Crippen LogP contribution in [0.3, 0.4) is 0 Å². The number of ether oxygens (including phenoxy) is 1. The second-order valence-corrected chi connectivity index (χ2v) is 10.6. The fourth-order valence-corrected chi connectivity index (χ4v) is 4.80. The number of hydrogen-bond acceptors (Lipinski definition) is 6. The van der Waals surface area contributed by atoms with Crippen molar-refractivity contribution >= 4 is 39.3 Å². The molecule has 0 aliphatic heterocycles. The molecule has 1 aromatic heterocycles. The molecule has 0 bridgehead atoms. The summed E-state index contributed by atoms with van der Waals surface area (Å²) in [5, 5.41) is 9.51. The van der Waals surface area contributed by atoms with Crippen molar-refractivity contribution in [2.75, 3.05) is 0 Å². The summed E-state index contributed by atoms with van der Waals surface area (Å²) in [6, 6.07) is 10.6. The molecule has 0 radical (unpaired) electrons. The quantitative estimate of drug-likeness (QED) is 0.366. The van der Waals surface area contributed by atoms with Gasteiger partial charge in [-0.15, -0.1) is 11.8 Å². The molecule has 150 valence electrons. The Kier molecular flexibility index (Phi) is 5.70. The smallest absolute Gasteiger partial charge is 0.322 e. The van der Waals surface area contributed by atoms with Gasteiger partial charge in [-0.25, -0.2) is 4.39 Å². The number of nitriles is 1. The zero-order valence-electron chi connectivity index (χ0n) is 16.9. The number of esters is 1. The Morgan fingerprint density at radius 3 is 2.45 bits per heavy atom. The number of hydrogen-bond donors (Lipinski definition) is 0. The van der Waals surface area contributed by atoms with E-state index in [9.17, 15) is 9.18 Å². The van der Waals surface area contributed by atoms with E-state index in [4.69, 9.17) is 10.00 Å². The monoisotopic (exact) mass is 428 g/mol. The minimum Gasteiger partial charge on any atom is -0.459 e. The minimum absolute atomic E-state index is 0.370. The van der Waals surface area contributed by atoms with Crippen LogP contribution in [-0.2, 0) is 9.53 Å². The number of rotatable bonds is 4. The van der Waals surface area contributed by atoms with Crippen LogP contribution in [-0.4, -0.2) is 20.7 Å². The molecule has 0 unspecified atom stereocenters. The Labute approximate surface area is 177 Å². The second kappa shape index (κ2) is 7.77. The van der Waals surface area contributed by atoms with Crippen molar-refractivity contribution in [1.29, 1.82) is 5.26 Å². The van der Waals surface area contributed by atoms with E-state index in [1.54, 1.807) is 26.0 Å². The van der Waals surface area contributed by atoms with Gasteiger partial charge in [-0.05, 0) is 69.9 Å². The average molecular weight is 429 g/mol. The summed E-state index contributed by atoms with van der Waals surface area (Å²) in [7, 11) is 0. The van der Waals surface area contributed by atoms with Crippen LogP contribution in [0.4, 0.5) is 4.39 Å². The van der Waals surface area contributed by atoms with Gasteiger partial charge in [-0.2, -0.15) is 9.64 Å². The molecular formula is C22H21FN2O2S2. The lowest BCUT2D eigenvalue weighted by atomic mass is 10.0. The van der Waals surface area contributed by atoms with Crippen molar-refractivity contribution in [3.63, 3.8) is 0 Å². The molecule has 0 aliphatic carbocycles. The van der Waals surface area contributed by atoms with Crippen LogP contribution in [0.15, 0.2) is 41.4 Å². The first-order chi connectivity index (χ1) is 13.5. The summed E-state index contributed by atoms with van der Waals surface area (Å²) >= 11 is 2.46. The number of benzene rings is 2. The number of nitrogens with zero attached hydrogens (tertiary/aromatic N) is 2. The van der Waals surface area contributed by atoms with E-state index in [-0.39, 0.29) is 11.8 Å². The Morgan fingerprint density at radius 2 is 1.86 bits per heavy atom. The molecule has 0 saturated heterocycles. The molecule has 0 spiro atoms. The minimum atomic E-state index is -0.931. The van der Waals surface area contributed by atoms with Gasteiger partial charge in [0.2, 0.25) is 0 Å². The topological polar surface area (TPSA) is 63.0 Å². The third kappa shape index (κ3) is 4.60. The first kappa shape index (κ1) is 21.3. The van der Waals surface area contributed by atoms with Crippen molar-refractivity contribution < 1.29 is 13.9 Å². The highest BCUT2D eigenvalue weighted by Crippen LogP contribution is 2.45. The highest BCUT2D eigenvalue weighted by Gasteiger charge is 2.35. The fraction of sp³-hybridized carbons (Fsp3) is 0.318. The van der Waals surface area contributed by atoms with E-state index in [1.807, 2.05) is 32.9 Å². The van der Waals surface area contributed by atoms with E-state index in [2.05, 4.69) is 10.4 Å². The molecule has 29 heavy (non-hydrogen) atoms. The highest BCUT2D eigenvalue weighted by atomic mass is 32.2. The third-order valence-corrected chi connectivity index (χ3v) is 6.15. The van der Waals surface area contributed by atoms with Crippen molar-refractivity contribution in [3.05, 3.63) is 47.9 Å². The second-order valence-electron chi connectivity index (χ2n) is 8.10. The molecule has 0 amide bonds. The number of carbonyl (C=O) groups is 1. The SMILES string of the molecule is CC(C)(C)OC(=O)C(C)(C)Sc1cc(F)c2cnsc2c1-c1ccc(C#N)cc1. The average Bonchev–Trinajstić information content (AvgIpc) is 3.10. The maximum absolute atomic E-state index is 14.7. The van der Waals surface area contributed by atoms with Gasteiger partial charge in [0, 0.05) is 15.8 Å². The molecule has 3 aromatic rings. The molecule has 0 N–H and O–H groups in total. The Morgan fingerprint density at radius 1 is 1.21 bits per heavy atom. The lowest BCUT2D eigenvalue weighted by Gasteiger charge is -2.28. The largest absolute Gasteiger partial charge is 0.459 e. The summed E-state index contributed by atoms with van der Waals surface area (Å²) in [6.07, 6.45) is 1.51. The number of thioether (sulfide) groups is 1. The lowest BCUT2D eigenvalue weighted by molar-refractivity contribution is -0.156. The zero-order chi connectivity index (χ0) is 21.4. The summed E-state index contributed by atoms with van der Waals surface area (Å²) in [5.74, 6) is -0.751. The Balaban J connectivity index is 2.12. The summed E-state index contributed by atoms with van der Waals surface area (Å²) in [5.41, 5.74) is 1.56. The molecule has 0 aliphatic rings. The van der Waals surface area contributed by atoms with Gasteiger partial charge in [0.25, 0.3) is 0 Å². The molecule has 4 nitrogen and oxygen atoms in total. The van der Waals surface area contributed by atoms with Gasteiger partial charge >= 0.3 is 5.97 Å². The number of halogens is 1. The third-order valence-electron chi connectivity index (χ3n) is 4.12. The molecule has 1 heterocycles. The van der Waals surface area contributed by atoms with Crippen LogP contribution in [0.2, 0.25) is 0 Å². The van der Waals surface area contributed by atoms with E-state index in [0.717, 1.165) is 11.1 Å². The van der Waals surface area contributed by atoms with Gasteiger partial charge in [0.05, 0.1) is 22.5 Å². The number of carbonyl (C=O) groups excluding carboxylic acids is 1. The van der Waals surface area contributed by atoms with E-state index in [1.165, 1.54) is 35.6 Å². The van der Waals surface area contributed by atoms with Gasteiger partial charge in [0.15, 0.2) is 0 Å². The van der Waals surface area contributed by atoms with Gasteiger partial charge in [0.1, 0.15) is 16.2 Å². The highest BCUT2D eigenvalue weighted by molar-refractivity contribution is 8.01. The maximum atomic E-state index is 14.7. The molecule has 3 rings (SSSR count). The first-order valence-corrected chi connectivity index (χ1v) is 10.6. The van der Waals surface area contributed by atoms with Crippen molar-refractivity contribution in [2.24, 2.45) is 0 Å². The van der Waals surface area contributed by atoms with E-state index in [0.29, 0.717) is 20.5 Å². The summed E-state index contributed by atoms with van der Waals surface area (Å²) in [6.45, 7) is 8.98. The fourth-order valence-electron chi connectivity index (χ4n) is 2.75. The van der Waals surface area contributed by atoms with E-state index < -0.39 is 10.3 Å². The first-order valence-electron chi connectivity index (χ1n) is 9.02. The van der Waals surface area contributed by atoms with Crippen molar-refractivity contribution in [1.82, 2.24) is 4.37 Å². The number of aromatic nitrogens is 1. The molecule has 0 atom stereocenters. The van der Waals surface area contributed by atoms with E-state index >= 15 is 0 Å². The van der Waals surface area contributed by atoms with Gasteiger partial charge < -0.3 is 4.74 Å². The maximum Gasteiger partial charge on any atom is 0.322 e. The summed E-state index contributed by atoms with van der Waals surface area (Å²) in [4.78, 5) is 13.4. The van der Waals surface area contributed by atoms with Crippen LogP contribution in [0.1, 0.15) is 40.2 Å². The molecule has 0 fully saturated rings. The number of fused-ring (bicyclic) bond motifs is 1. The summed E-state index contributed by atoms with van der Waals surface area (Å²) < 4.78 is 24.2. The van der Waals surface area contributed by atoms with Gasteiger partial charge in [-0.1, -0.05) is 12.1 Å². The van der Waals surface area contributed by atoms with Gasteiger partial charge in [-0.3, -0.25) is 4.79 Å². The van der Waals surface area contributed by atoms with Crippen LogP contribution in [0, 0.1) is 17.1 Å². The Bertz CT molecular complexity index is 1110. The standard InChI is InChI=1S/C22H21FN2O2S2/c1-21(2,3)27-20(26)22(4,5)28-17-10-16(23)15-12-25-29-19(15)18(17)14-8-6-13(11-24)7-9-14/h6-10,12H,1-5H3. The molecule has 2 aromatic carbocycles. The van der Waals surface area contributed by atoms with Crippen molar-refractivity contribution in [2.45, 2.75) is 49.9 Å². The van der Waals surface area contributed by atoms with Crippen molar-refractivity contribution in [3.8, 4) is 17.2 Å². The van der Waals surface area contributed by atoms with Crippen LogP contribution in [0.5, 0.6) is 0 Å². The van der Waals surface area contributed by atoms with Crippen LogP contribution < -0.4 is 0 Å². The Hall–Kier alpha value is -2.43. The van der Waals surface area contributed by atoms with Crippen LogP contribution in [0.25, 0.3) is 21.2 Å². The molecule has 0 saturated carbocycles. The predicted octanol–water partition coefficient (Wildman–Crippen LogP) is 6.19. The normalized spacial score (nSPS) is 12.0. The zero-order valence-corrected chi connectivity index (χ0v) is 18.5. The lowest BCUT2D eigenvalue weighted by Crippen LogP contribution is -2.36.